The van der Waals surface area contributed by atoms with E-state index in [0.717, 1.165) is 6.42 Å². The number of unbranched alkanes of at least 4 members (excludes halogenated alkanes) is 1. The van der Waals surface area contributed by atoms with E-state index in [4.69, 9.17) is 9.84 Å². The zero-order valence-corrected chi connectivity index (χ0v) is 13.0. The van der Waals surface area contributed by atoms with Gasteiger partial charge in [0.2, 0.25) is 10.0 Å². The Kier molecular flexibility index (Phi) is 6.60. The molecule has 8 heteroatoms. The molecule has 0 spiro atoms. The number of nitrogens with one attached hydrogen (secondary N) is 2. The molecule has 1 heterocycles. The molecule has 0 amide bonds. The first-order valence-electron chi connectivity index (χ1n) is 6.64. The average molecular weight is 305 g/mol. The van der Waals surface area contributed by atoms with E-state index in [-0.39, 0.29) is 16.7 Å². The summed E-state index contributed by atoms with van der Waals surface area (Å²) >= 11 is 0. The second kappa shape index (κ2) is 7.72. The quantitative estimate of drug-likeness (QED) is 0.582. The highest BCUT2D eigenvalue weighted by atomic mass is 32.2. The Morgan fingerprint density at radius 1 is 1.40 bits per heavy atom. The minimum Gasteiger partial charge on any atom is -0.390 e. The maximum atomic E-state index is 12.1. The second-order valence-electron chi connectivity index (χ2n) is 4.81. The molecule has 0 aliphatic heterocycles. The second-order valence-corrected chi connectivity index (χ2v) is 6.51. The Labute approximate surface area is 119 Å². The smallest absolute Gasteiger partial charge is 0.244 e. The van der Waals surface area contributed by atoms with Crippen LogP contribution in [0.5, 0.6) is 0 Å². The number of aliphatic hydroxyl groups is 1. The fraction of sp³-hybridized carbons (Fsp3) is 0.750. The van der Waals surface area contributed by atoms with Crippen molar-refractivity contribution in [3.8, 4) is 0 Å². The number of aromatic amines is 1. The van der Waals surface area contributed by atoms with Gasteiger partial charge in [0.05, 0.1) is 18.4 Å². The zero-order chi connectivity index (χ0) is 15.2. The van der Waals surface area contributed by atoms with E-state index in [1.165, 1.54) is 0 Å². The van der Waals surface area contributed by atoms with Crippen molar-refractivity contribution in [1.82, 2.24) is 14.9 Å². The molecule has 0 saturated heterocycles. The lowest BCUT2D eigenvalue weighted by molar-refractivity contribution is 0.0762. The highest BCUT2D eigenvalue weighted by Crippen LogP contribution is 2.17. The van der Waals surface area contributed by atoms with Crippen LogP contribution >= 0.6 is 0 Å². The number of hydrogen-bond donors (Lipinski definition) is 3. The van der Waals surface area contributed by atoms with Crippen molar-refractivity contribution in [3.05, 3.63) is 11.4 Å². The molecular formula is C12H23N3O4S. The average Bonchev–Trinajstić information content (AvgIpc) is 2.75. The number of hydrogen-bond acceptors (Lipinski definition) is 5. The van der Waals surface area contributed by atoms with E-state index in [2.05, 4.69) is 14.9 Å². The van der Waals surface area contributed by atoms with Gasteiger partial charge in [-0.3, -0.25) is 5.10 Å². The van der Waals surface area contributed by atoms with Gasteiger partial charge in [-0.2, -0.15) is 5.10 Å². The lowest BCUT2D eigenvalue weighted by Gasteiger charge is -2.09. The van der Waals surface area contributed by atoms with Crippen molar-refractivity contribution >= 4 is 10.0 Å². The number of rotatable bonds is 9. The van der Waals surface area contributed by atoms with Crippen molar-refractivity contribution in [1.29, 1.82) is 0 Å². The topological polar surface area (TPSA) is 104 Å². The molecule has 1 rings (SSSR count). The van der Waals surface area contributed by atoms with Crippen LogP contribution in [-0.4, -0.2) is 43.0 Å². The number of aryl methyl sites for hydroxylation is 1. The molecule has 0 aliphatic carbocycles. The number of aromatic nitrogens is 2. The van der Waals surface area contributed by atoms with Crippen LogP contribution in [0.1, 0.15) is 38.1 Å². The molecule has 0 aliphatic rings. The van der Waals surface area contributed by atoms with Crippen molar-refractivity contribution < 1.29 is 18.3 Å². The minimum absolute atomic E-state index is 0.0402. The van der Waals surface area contributed by atoms with Crippen LogP contribution in [0.3, 0.4) is 0 Å². The Bertz CT molecular complexity index is 511. The molecule has 0 bridgehead atoms. The van der Waals surface area contributed by atoms with Crippen LogP contribution in [0, 0.1) is 6.92 Å². The van der Waals surface area contributed by atoms with Crippen LogP contribution in [-0.2, 0) is 21.4 Å². The summed E-state index contributed by atoms with van der Waals surface area (Å²) in [7, 11) is -3.64. The standard InChI is InChI=1S/C12H23N3O4S/c1-9(2)19-7-5-4-6-13-20(17,18)12-10(3)14-15-11(12)8-16/h9,13,16H,4-8H2,1-3H3,(H,14,15). The van der Waals surface area contributed by atoms with Crippen molar-refractivity contribution in [3.63, 3.8) is 0 Å². The summed E-state index contributed by atoms with van der Waals surface area (Å²) in [4.78, 5) is 0.0402. The van der Waals surface area contributed by atoms with E-state index >= 15 is 0 Å². The Hall–Kier alpha value is -0.960. The van der Waals surface area contributed by atoms with E-state index < -0.39 is 16.6 Å². The van der Waals surface area contributed by atoms with Gasteiger partial charge in [-0.1, -0.05) is 0 Å². The molecule has 0 radical (unpaired) electrons. The van der Waals surface area contributed by atoms with Gasteiger partial charge in [0.1, 0.15) is 10.6 Å². The Morgan fingerprint density at radius 2 is 2.10 bits per heavy atom. The Morgan fingerprint density at radius 3 is 2.70 bits per heavy atom. The molecule has 1 aromatic heterocycles. The lowest BCUT2D eigenvalue weighted by atomic mass is 10.3. The van der Waals surface area contributed by atoms with Gasteiger partial charge in [0.25, 0.3) is 0 Å². The molecule has 3 N–H and O–H groups in total. The number of nitrogens with zero attached hydrogens (tertiary/aromatic N) is 1. The summed E-state index contributed by atoms with van der Waals surface area (Å²) in [6.07, 6.45) is 1.67. The van der Waals surface area contributed by atoms with Gasteiger partial charge in [0, 0.05) is 13.2 Å². The fourth-order valence-corrected chi connectivity index (χ4v) is 3.18. The molecule has 0 fully saturated rings. The largest absolute Gasteiger partial charge is 0.390 e. The molecule has 116 valence electrons. The summed E-state index contributed by atoms with van der Waals surface area (Å²) in [5, 5.41) is 15.4. The van der Waals surface area contributed by atoms with E-state index in [1.807, 2.05) is 13.8 Å². The maximum Gasteiger partial charge on any atom is 0.244 e. The molecule has 0 atom stereocenters. The first-order chi connectivity index (χ1) is 9.38. The third-order valence-electron chi connectivity index (χ3n) is 2.69. The fourth-order valence-electron chi connectivity index (χ4n) is 1.76. The van der Waals surface area contributed by atoms with Gasteiger partial charge in [-0.05, 0) is 33.6 Å². The first-order valence-corrected chi connectivity index (χ1v) is 8.12. The van der Waals surface area contributed by atoms with Crippen molar-refractivity contribution in [2.45, 2.75) is 51.2 Å². The molecule has 0 aromatic carbocycles. The SMILES string of the molecule is Cc1[nH]nc(CO)c1S(=O)(=O)NCCCCOC(C)C. The normalized spacial score (nSPS) is 12.2. The van der Waals surface area contributed by atoms with Crippen LogP contribution in [0.2, 0.25) is 0 Å². The van der Waals surface area contributed by atoms with Crippen molar-refractivity contribution in [2.24, 2.45) is 0 Å². The van der Waals surface area contributed by atoms with Gasteiger partial charge in [0.15, 0.2) is 0 Å². The maximum absolute atomic E-state index is 12.1. The van der Waals surface area contributed by atoms with Gasteiger partial charge in [-0.15, -0.1) is 0 Å². The predicted molar refractivity (Wildman–Crippen MR) is 74.8 cm³/mol. The number of aliphatic hydroxyl groups excluding tert-OH is 1. The lowest BCUT2D eigenvalue weighted by Crippen LogP contribution is -2.26. The minimum atomic E-state index is -3.64. The van der Waals surface area contributed by atoms with Gasteiger partial charge in [-0.25, -0.2) is 13.1 Å². The van der Waals surface area contributed by atoms with Gasteiger partial charge < -0.3 is 9.84 Å². The zero-order valence-electron chi connectivity index (χ0n) is 12.1. The summed E-state index contributed by atoms with van der Waals surface area (Å²) < 4.78 is 32.1. The highest BCUT2D eigenvalue weighted by molar-refractivity contribution is 7.89. The molecule has 0 saturated carbocycles. The van der Waals surface area contributed by atoms with Crippen LogP contribution in [0.4, 0.5) is 0 Å². The van der Waals surface area contributed by atoms with E-state index in [0.29, 0.717) is 25.3 Å². The molecular weight excluding hydrogens is 282 g/mol. The number of ether oxygens (including phenoxy) is 1. The molecule has 7 nitrogen and oxygen atoms in total. The van der Waals surface area contributed by atoms with E-state index in [1.54, 1.807) is 6.92 Å². The highest BCUT2D eigenvalue weighted by Gasteiger charge is 2.23. The predicted octanol–water partition coefficient (Wildman–Crippen LogP) is 0.694. The van der Waals surface area contributed by atoms with Crippen LogP contribution < -0.4 is 4.72 Å². The summed E-state index contributed by atoms with van der Waals surface area (Å²) in [6, 6.07) is 0. The summed E-state index contributed by atoms with van der Waals surface area (Å²) in [5.74, 6) is 0. The number of sulfonamides is 1. The molecule has 1 aromatic rings. The molecule has 20 heavy (non-hydrogen) atoms. The van der Waals surface area contributed by atoms with E-state index in [9.17, 15) is 8.42 Å². The van der Waals surface area contributed by atoms with Crippen molar-refractivity contribution in [2.75, 3.05) is 13.2 Å². The van der Waals surface area contributed by atoms with Gasteiger partial charge >= 0.3 is 0 Å². The van der Waals surface area contributed by atoms with Crippen LogP contribution in [0.15, 0.2) is 4.90 Å². The summed E-state index contributed by atoms with van der Waals surface area (Å²) in [5.41, 5.74) is 0.558. The summed E-state index contributed by atoms with van der Waals surface area (Å²) in [6.45, 7) is 6.06. The first kappa shape index (κ1) is 17.1. The third kappa shape index (κ3) is 4.86. The third-order valence-corrected chi connectivity index (χ3v) is 4.36. The Balaban J connectivity index is 2.48. The van der Waals surface area contributed by atoms with Crippen LogP contribution in [0.25, 0.3) is 0 Å². The number of H-pyrrole nitrogens is 1. The molecule has 0 unspecified atom stereocenters. The monoisotopic (exact) mass is 305 g/mol.